The van der Waals surface area contributed by atoms with Crippen molar-refractivity contribution in [2.75, 3.05) is 23.4 Å². The number of amides is 2. The third-order valence-corrected chi connectivity index (χ3v) is 4.06. The predicted molar refractivity (Wildman–Crippen MR) is 98.6 cm³/mol. The molecule has 1 N–H and O–H groups in total. The quantitative estimate of drug-likeness (QED) is 0.748. The van der Waals surface area contributed by atoms with E-state index in [1.165, 1.54) is 4.90 Å². The van der Waals surface area contributed by atoms with E-state index in [2.05, 4.69) is 20.3 Å². The molecule has 2 aromatic heterocycles. The van der Waals surface area contributed by atoms with Gasteiger partial charge in [-0.1, -0.05) is 23.7 Å². The largest absolute Gasteiger partial charge is 0.486 e. The highest BCUT2D eigenvalue weighted by atomic mass is 35.5. The van der Waals surface area contributed by atoms with Crippen LogP contribution in [0.1, 0.15) is 0 Å². The summed E-state index contributed by atoms with van der Waals surface area (Å²) < 4.78 is 5.59. The Hall–Kier alpha value is -3.19. The van der Waals surface area contributed by atoms with Crippen molar-refractivity contribution in [3.8, 4) is 17.1 Å². The van der Waals surface area contributed by atoms with Crippen LogP contribution < -0.4 is 15.0 Å². The average molecular weight is 368 g/mol. The number of nitrogens with zero attached hydrogens (tertiary/aromatic N) is 4. The van der Waals surface area contributed by atoms with E-state index in [0.717, 1.165) is 5.56 Å². The molecule has 3 heterocycles. The molecule has 1 aromatic carbocycles. The normalized spacial score (nSPS) is 12.9. The average Bonchev–Trinajstić information content (AvgIpc) is 2.68. The zero-order valence-electron chi connectivity index (χ0n) is 13.6. The summed E-state index contributed by atoms with van der Waals surface area (Å²) in [6.07, 6.45) is 4.80. The summed E-state index contributed by atoms with van der Waals surface area (Å²) in [4.78, 5) is 27.0. The molecule has 0 saturated carbocycles. The third kappa shape index (κ3) is 3.29. The van der Waals surface area contributed by atoms with E-state index >= 15 is 0 Å². The number of anilines is 2. The van der Waals surface area contributed by atoms with Gasteiger partial charge < -0.3 is 10.1 Å². The van der Waals surface area contributed by atoms with Gasteiger partial charge >= 0.3 is 6.03 Å². The molecule has 1 aliphatic heterocycles. The Kier molecular flexibility index (Phi) is 4.37. The van der Waals surface area contributed by atoms with Crippen molar-refractivity contribution in [3.05, 3.63) is 60.0 Å². The fourth-order valence-corrected chi connectivity index (χ4v) is 2.79. The summed E-state index contributed by atoms with van der Waals surface area (Å²) in [5.74, 6) is 1.36. The standard InChI is InChI=1S/C18H14ClN5O2/c19-13-3-1-2-12(10-13)16-21-11-15-17(23-16)24(8-9-26-15)18(25)22-14-4-6-20-7-5-14/h1-7,10-11H,8-9H2,(H,20,22,25). The minimum atomic E-state index is -0.295. The van der Waals surface area contributed by atoms with Gasteiger partial charge in [0.05, 0.1) is 12.7 Å². The fourth-order valence-electron chi connectivity index (χ4n) is 2.60. The van der Waals surface area contributed by atoms with E-state index in [4.69, 9.17) is 16.3 Å². The minimum absolute atomic E-state index is 0.295. The smallest absolute Gasteiger partial charge is 0.327 e. The van der Waals surface area contributed by atoms with Crippen LogP contribution in [0.5, 0.6) is 5.75 Å². The first-order valence-corrected chi connectivity index (χ1v) is 8.33. The summed E-state index contributed by atoms with van der Waals surface area (Å²) in [5, 5.41) is 3.42. The SMILES string of the molecule is O=C(Nc1ccncc1)N1CCOc2cnc(-c3cccc(Cl)c3)nc21. The molecule has 0 saturated heterocycles. The van der Waals surface area contributed by atoms with Gasteiger partial charge in [-0.25, -0.2) is 14.8 Å². The number of hydrogen-bond donors (Lipinski definition) is 1. The zero-order valence-corrected chi connectivity index (χ0v) is 14.3. The van der Waals surface area contributed by atoms with Gasteiger partial charge in [-0.05, 0) is 24.3 Å². The highest BCUT2D eigenvalue weighted by Crippen LogP contribution is 2.31. The lowest BCUT2D eigenvalue weighted by atomic mass is 10.2. The van der Waals surface area contributed by atoms with Crippen molar-refractivity contribution in [1.29, 1.82) is 0 Å². The number of rotatable bonds is 2. The number of halogens is 1. The van der Waals surface area contributed by atoms with Crippen LogP contribution in [0.2, 0.25) is 5.02 Å². The summed E-state index contributed by atoms with van der Waals surface area (Å²) >= 11 is 6.05. The predicted octanol–water partition coefficient (Wildman–Crippen LogP) is 3.62. The molecule has 130 valence electrons. The fraction of sp³-hybridized carbons (Fsp3) is 0.111. The highest BCUT2D eigenvalue weighted by molar-refractivity contribution is 6.30. The summed E-state index contributed by atoms with van der Waals surface area (Å²) in [6, 6.07) is 10.4. The number of ether oxygens (including phenoxy) is 1. The highest BCUT2D eigenvalue weighted by Gasteiger charge is 2.26. The Balaban J connectivity index is 1.66. The van der Waals surface area contributed by atoms with Crippen LogP contribution in [0.15, 0.2) is 55.0 Å². The third-order valence-electron chi connectivity index (χ3n) is 3.82. The van der Waals surface area contributed by atoms with Gasteiger partial charge in [0, 0.05) is 28.7 Å². The van der Waals surface area contributed by atoms with E-state index < -0.39 is 0 Å². The molecule has 7 nitrogen and oxygen atoms in total. The van der Waals surface area contributed by atoms with Gasteiger partial charge in [0.1, 0.15) is 6.61 Å². The number of carbonyl (C=O) groups is 1. The Morgan fingerprint density at radius 2 is 2.08 bits per heavy atom. The van der Waals surface area contributed by atoms with Crippen LogP contribution >= 0.6 is 11.6 Å². The number of nitrogens with one attached hydrogen (secondary N) is 1. The van der Waals surface area contributed by atoms with Crippen LogP contribution in [-0.2, 0) is 0 Å². The molecule has 0 bridgehead atoms. The van der Waals surface area contributed by atoms with Crippen molar-refractivity contribution in [1.82, 2.24) is 15.0 Å². The lowest BCUT2D eigenvalue weighted by molar-refractivity contribution is 0.249. The maximum atomic E-state index is 12.7. The van der Waals surface area contributed by atoms with E-state index in [0.29, 0.717) is 41.3 Å². The van der Waals surface area contributed by atoms with Crippen LogP contribution in [-0.4, -0.2) is 34.1 Å². The van der Waals surface area contributed by atoms with Gasteiger partial charge in [0.15, 0.2) is 17.4 Å². The molecule has 0 aliphatic carbocycles. The van der Waals surface area contributed by atoms with Gasteiger partial charge in [0.25, 0.3) is 0 Å². The molecular formula is C18H14ClN5O2. The van der Waals surface area contributed by atoms with E-state index in [-0.39, 0.29) is 6.03 Å². The van der Waals surface area contributed by atoms with Crippen molar-refractivity contribution in [2.24, 2.45) is 0 Å². The number of benzene rings is 1. The maximum absolute atomic E-state index is 12.7. The van der Waals surface area contributed by atoms with Gasteiger partial charge in [0.2, 0.25) is 0 Å². The number of carbonyl (C=O) groups excluding carboxylic acids is 1. The van der Waals surface area contributed by atoms with Crippen LogP contribution in [0.25, 0.3) is 11.4 Å². The molecule has 4 rings (SSSR count). The van der Waals surface area contributed by atoms with Crippen LogP contribution in [0.4, 0.5) is 16.3 Å². The number of hydrogen-bond acceptors (Lipinski definition) is 5. The molecule has 3 aromatic rings. The minimum Gasteiger partial charge on any atom is -0.486 e. The van der Waals surface area contributed by atoms with E-state index in [1.54, 1.807) is 42.9 Å². The molecule has 0 unspecified atom stereocenters. The molecule has 26 heavy (non-hydrogen) atoms. The summed E-state index contributed by atoms with van der Waals surface area (Å²) in [7, 11) is 0. The van der Waals surface area contributed by atoms with Crippen LogP contribution in [0.3, 0.4) is 0 Å². The molecule has 1 aliphatic rings. The monoisotopic (exact) mass is 367 g/mol. The molecule has 0 spiro atoms. The second-order valence-corrected chi connectivity index (χ2v) is 5.99. The Bertz CT molecular complexity index is 951. The van der Waals surface area contributed by atoms with Crippen molar-refractivity contribution in [3.63, 3.8) is 0 Å². The second kappa shape index (κ2) is 6.97. The van der Waals surface area contributed by atoms with Crippen molar-refractivity contribution < 1.29 is 9.53 Å². The summed E-state index contributed by atoms with van der Waals surface area (Å²) in [5.41, 5.74) is 1.42. The van der Waals surface area contributed by atoms with Crippen molar-refractivity contribution >= 4 is 29.1 Å². The molecule has 0 radical (unpaired) electrons. The summed E-state index contributed by atoms with van der Waals surface area (Å²) in [6.45, 7) is 0.757. The molecule has 0 atom stereocenters. The first-order chi connectivity index (χ1) is 12.7. The molecule has 8 heteroatoms. The molecular weight excluding hydrogens is 354 g/mol. The van der Waals surface area contributed by atoms with E-state index in [1.807, 2.05) is 12.1 Å². The first kappa shape index (κ1) is 16.3. The van der Waals surface area contributed by atoms with Crippen LogP contribution in [0, 0.1) is 0 Å². The Labute approximate surface area is 154 Å². The maximum Gasteiger partial charge on any atom is 0.327 e. The molecule has 0 fully saturated rings. The Morgan fingerprint density at radius 3 is 2.88 bits per heavy atom. The lowest BCUT2D eigenvalue weighted by Gasteiger charge is -2.28. The van der Waals surface area contributed by atoms with E-state index in [9.17, 15) is 4.79 Å². The van der Waals surface area contributed by atoms with Gasteiger partial charge in [-0.15, -0.1) is 0 Å². The Morgan fingerprint density at radius 1 is 1.23 bits per heavy atom. The topological polar surface area (TPSA) is 80.2 Å². The zero-order chi connectivity index (χ0) is 17.9. The van der Waals surface area contributed by atoms with Gasteiger partial charge in [-0.2, -0.15) is 0 Å². The molecule has 2 amide bonds. The lowest BCUT2D eigenvalue weighted by Crippen LogP contribution is -2.41. The first-order valence-electron chi connectivity index (χ1n) is 7.95. The number of urea groups is 1. The number of pyridine rings is 1. The number of fused-ring (bicyclic) bond motifs is 1. The van der Waals surface area contributed by atoms with Crippen molar-refractivity contribution in [2.45, 2.75) is 0 Å². The number of aromatic nitrogens is 3. The van der Waals surface area contributed by atoms with Gasteiger partial charge in [-0.3, -0.25) is 9.88 Å². The second-order valence-electron chi connectivity index (χ2n) is 5.56.